The lowest BCUT2D eigenvalue weighted by molar-refractivity contribution is -0.132. The highest BCUT2D eigenvalue weighted by Gasteiger charge is 2.25. The van der Waals surface area contributed by atoms with Gasteiger partial charge in [0.15, 0.2) is 0 Å². The molecular formula is C15H31N3O. The van der Waals surface area contributed by atoms with Crippen LogP contribution in [-0.4, -0.2) is 60.5 Å². The Hall–Kier alpha value is -0.610. The zero-order valence-electron chi connectivity index (χ0n) is 13.3. The lowest BCUT2D eigenvalue weighted by Gasteiger charge is -2.38. The molecule has 0 radical (unpaired) electrons. The van der Waals surface area contributed by atoms with E-state index in [4.69, 9.17) is 0 Å². The van der Waals surface area contributed by atoms with Crippen LogP contribution in [0, 0.1) is 0 Å². The van der Waals surface area contributed by atoms with Gasteiger partial charge in [-0.25, -0.2) is 0 Å². The topological polar surface area (TPSA) is 35.6 Å². The van der Waals surface area contributed by atoms with Crippen LogP contribution in [0.1, 0.15) is 47.0 Å². The first-order valence-electron chi connectivity index (χ1n) is 7.65. The third kappa shape index (κ3) is 5.49. The Morgan fingerprint density at radius 1 is 1.26 bits per heavy atom. The van der Waals surface area contributed by atoms with E-state index in [1.54, 1.807) is 0 Å². The molecule has 1 heterocycles. The number of hydrogen-bond acceptors (Lipinski definition) is 3. The number of likely N-dealkylation sites (tertiary alicyclic amines) is 1. The molecular weight excluding hydrogens is 238 g/mol. The largest absolute Gasteiger partial charge is 0.343 e. The fourth-order valence-electron chi connectivity index (χ4n) is 2.64. The first-order chi connectivity index (χ1) is 8.91. The van der Waals surface area contributed by atoms with E-state index in [9.17, 15) is 4.79 Å². The van der Waals surface area contributed by atoms with E-state index in [2.05, 4.69) is 37.9 Å². The summed E-state index contributed by atoms with van der Waals surface area (Å²) in [6.07, 6.45) is 2.83. The summed E-state index contributed by atoms with van der Waals surface area (Å²) in [7, 11) is 1.97. The first-order valence-corrected chi connectivity index (χ1v) is 7.65. The highest BCUT2D eigenvalue weighted by Crippen LogP contribution is 2.17. The molecule has 0 saturated carbocycles. The summed E-state index contributed by atoms with van der Waals surface area (Å²) in [4.78, 5) is 16.6. The van der Waals surface area contributed by atoms with Crippen molar-refractivity contribution >= 4 is 5.91 Å². The Balaban J connectivity index is 2.29. The van der Waals surface area contributed by atoms with Gasteiger partial charge in [0.2, 0.25) is 5.91 Å². The van der Waals surface area contributed by atoms with E-state index >= 15 is 0 Å². The monoisotopic (exact) mass is 269 g/mol. The molecule has 0 aliphatic carbocycles. The van der Waals surface area contributed by atoms with Crippen LogP contribution in [0.5, 0.6) is 0 Å². The van der Waals surface area contributed by atoms with Crippen molar-refractivity contribution in [3.05, 3.63) is 0 Å². The molecule has 1 aliphatic rings. The van der Waals surface area contributed by atoms with Crippen LogP contribution in [0.25, 0.3) is 0 Å². The van der Waals surface area contributed by atoms with Crippen molar-refractivity contribution in [2.45, 2.75) is 65.1 Å². The molecule has 0 aromatic rings. The van der Waals surface area contributed by atoms with Gasteiger partial charge in [0.05, 0.1) is 0 Å². The van der Waals surface area contributed by atoms with Gasteiger partial charge in [0.25, 0.3) is 0 Å². The van der Waals surface area contributed by atoms with Gasteiger partial charge in [0.1, 0.15) is 0 Å². The van der Waals surface area contributed by atoms with Crippen molar-refractivity contribution in [2.75, 3.05) is 26.7 Å². The van der Waals surface area contributed by atoms with Crippen molar-refractivity contribution in [1.82, 2.24) is 15.1 Å². The lowest BCUT2D eigenvalue weighted by Crippen LogP contribution is -2.47. The SMILES string of the molecule is CC(C)NCCC(=O)N(C)C1CCN(C(C)C)CC1. The van der Waals surface area contributed by atoms with E-state index in [0.717, 1.165) is 32.5 Å². The van der Waals surface area contributed by atoms with E-state index in [1.807, 2.05) is 11.9 Å². The maximum absolute atomic E-state index is 12.1. The van der Waals surface area contributed by atoms with Crippen molar-refractivity contribution in [3.63, 3.8) is 0 Å². The Morgan fingerprint density at radius 2 is 1.84 bits per heavy atom. The minimum absolute atomic E-state index is 0.274. The minimum Gasteiger partial charge on any atom is -0.343 e. The quantitative estimate of drug-likeness (QED) is 0.797. The molecule has 0 aromatic heterocycles. The zero-order valence-corrected chi connectivity index (χ0v) is 13.3. The highest BCUT2D eigenvalue weighted by atomic mass is 16.2. The fraction of sp³-hybridized carbons (Fsp3) is 0.933. The number of hydrogen-bond donors (Lipinski definition) is 1. The standard InChI is InChI=1S/C15H31N3O/c1-12(2)16-9-6-15(19)17(5)14-7-10-18(11-8-14)13(3)4/h12-14,16H,6-11H2,1-5H3. The predicted octanol–water partition coefficient (Wildman–Crippen LogP) is 1.71. The average molecular weight is 269 g/mol. The zero-order chi connectivity index (χ0) is 14.4. The summed E-state index contributed by atoms with van der Waals surface area (Å²) >= 11 is 0. The molecule has 0 unspecified atom stereocenters. The van der Waals surface area contributed by atoms with Gasteiger partial charge in [-0.1, -0.05) is 13.8 Å². The fourth-order valence-corrected chi connectivity index (χ4v) is 2.64. The van der Waals surface area contributed by atoms with Crippen molar-refractivity contribution in [3.8, 4) is 0 Å². The van der Waals surface area contributed by atoms with Gasteiger partial charge in [-0.3, -0.25) is 4.79 Å². The Morgan fingerprint density at radius 3 is 2.32 bits per heavy atom. The minimum atomic E-state index is 0.274. The summed E-state index contributed by atoms with van der Waals surface area (Å²) < 4.78 is 0. The van der Waals surface area contributed by atoms with Gasteiger partial charge in [-0.15, -0.1) is 0 Å². The maximum Gasteiger partial charge on any atom is 0.223 e. The third-order valence-corrected chi connectivity index (χ3v) is 4.06. The number of carbonyl (C=O) groups is 1. The second-order valence-corrected chi connectivity index (χ2v) is 6.22. The lowest BCUT2D eigenvalue weighted by atomic mass is 10.0. The highest BCUT2D eigenvalue weighted by molar-refractivity contribution is 5.76. The number of amides is 1. The van der Waals surface area contributed by atoms with E-state index < -0.39 is 0 Å². The first kappa shape index (κ1) is 16.4. The molecule has 1 rings (SSSR count). The van der Waals surface area contributed by atoms with Gasteiger partial charge in [-0.05, 0) is 26.7 Å². The maximum atomic E-state index is 12.1. The summed E-state index contributed by atoms with van der Waals surface area (Å²) in [5.41, 5.74) is 0. The number of rotatable bonds is 6. The van der Waals surface area contributed by atoms with Gasteiger partial charge in [-0.2, -0.15) is 0 Å². The molecule has 1 saturated heterocycles. The molecule has 0 atom stereocenters. The van der Waals surface area contributed by atoms with Gasteiger partial charge in [0, 0.05) is 51.2 Å². The van der Waals surface area contributed by atoms with Crippen LogP contribution in [0.3, 0.4) is 0 Å². The predicted molar refractivity (Wildman–Crippen MR) is 80.3 cm³/mol. The van der Waals surface area contributed by atoms with Crippen LogP contribution in [0.2, 0.25) is 0 Å². The summed E-state index contributed by atoms with van der Waals surface area (Å²) in [6.45, 7) is 11.7. The number of piperidine rings is 1. The smallest absolute Gasteiger partial charge is 0.223 e. The average Bonchev–Trinajstić information content (AvgIpc) is 2.37. The Bertz CT molecular complexity index is 271. The molecule has 112 valence electrons. The van der Waals surface area contributed by atoms with Crippen LogP contribution in [0.4, 0.5) is 0 Å². The van der Waals surface area contributed by atoms with Crippen LogP contribution < -0.4 is 5.32 Å². The molecule has 4 heteroatoms. The van der Waals surface area contributed by atoms with Crippen LogP contribution in [-0.2, 0) is 4.79 Å². The summed E-state index contributed by atoms with van der Waals surface area (Å²) in [5, 5.41) is 3.30. The van der Waals surface area contributed by atoms with Crippen molar-refractivity contribution in [2.24, 2.45) is 0 Å². The van der Waals surface area contributed by atoms with Crippen molar-refractivity contribution < 1.29 is 4.79 Å². The number of nitrogens with one attached hydrogen (secondary N) is 1. The molecule has 1 fully saturated rings. The van der Waals surface area contributed by atoms with E-state index in [0.29, 0.717) is 24.5 Å². The summed E-state index contributed by atoms with van der Waals surface area (Å²) in [5.74, 6) is 0.274. The molecule has 0 aromatic carbocycles. The van der Waals surface area contributed by atoms with Gasteiger partial charge < -0.3 is 15.1 Å². The second kappa shape index (κ2) is 7.85. The molecule has 0 bridgehead atoms. The second-order valence-electron chi connectivity index (χ2n) is 6.22. The van der Waals surface area contributed by atoms with Crippen LogP contribution >= 0.6 is 0 Å². The Labute approximate surface area is 118 Å². The normalized spacial score (nSPS) is 18.3. The van der Waals surface area contributed by atoms with Crippen LogP contribution in [0.15, 0.2) is 0 Å². The molecule has 1 aliphatic heterocycles. The molecule has 19 heavy (non-hydrogen) atoms. The Kier molecular flexibility index (Phi) is 6.80. The molecule has 1 N–H and O–H groups in total. The van der Waals surface area contributed by atoms with E-state index in [-0.39, 0.29) is 5.91 Å². The van der Waals surface area contributed by atoms with Gasteiger partial charge >= 0.3 is 0 Å². The molecule has 4 nitrogen and oxygen atoms in total. The molecule has 1 amide bonds. The number of carbonyl (C=O) groups excluding carboxylic acids is 1. The summed E-state index contributed by atoms with van der Waals surface area (Å²) in [6, 6.07) is 1.51. The molecule has 0 spiro atoms. The van der Waals surface area contributed by atoms with E-state index in [1.165, 1.54) is 0 Å². The van der Waals surface area contributed by atoms with Crippen molar-refractivity contribution in [1.29, 1.82) is 0 Å². The number of nitrogens with zero attached hydrogens (tertiary/aromatic N) is 2. The third-order valence-electron chi connectivity index (χ3n) is 4.06.